The molecule has 0 fully saturated rings. The quantitative estimate of drug-likeness (QED) is 0.747. The molecule has 96 valence electrons. The molecule has 17 heavy (non-hydrogen) atoms. The summed E-state index contributed by atoms with van der Waals surface area (Å²) >= 11 is 0. The largest absolute Gasteiger partial charge is 0.326 e. The standard InChI is InChI=1S/C14H23FN2/c1-11-10-12(4-5-13(11)15)6-8-17-9-7-14(2,3)16/h4-5,10,17H,6-9,16H2,1-3H3. The third-order valence-corrected chi connectivity index (χ3v) is 2.76. The van der Waals surface area contributed by atoms with Gasteiger partial charge in [-0.2, -0.15) is 0 Å². The maximum absolute atomic E-state index is 13.0. The summed E-state index contributed by atoms with van der Waals surface area (Å²) in [5.74, 6) is -0.133. The van der Waals surface area contributed by atoms with E-state index in [2.05, 4.69) is 5.32 Å². The molecule has 0 bridgehead atoms. The fourth-order valence-electron chi connectivity index (χ4n) is 1.63. The fraction of sp³-hybridized carbons (Fsp3) is 0.571. The molecular formula is C14H23FN2. The lowest BCUT2D eigenvalue weighted by atomic mass is 10.0. The lowest BCUT2D eigenvalue weighted by Crippen LogP contribution is -2.36. The van der Waals surface area contributed by atoms with E-state index in [1.807, 2.05) is 26.0 Å². The van der Waals surface area contributed by atoms with Crippen molar-refractivity contribution in [1.29, 1.82) is 0 Å². The molecule has 0 aliphatic heterocycles. The summed E-state index contributed by atoms with van der Waals surface area (Å²) in [5, 5.41) is 3.35. The van der Waals surface area contributed by atoms with E-state index in [0.29, 0.717) is 5.56 Å². The molecule has 2 nitrogen and oxygen atoms in total. The van der Waals surface area contributed by atoms with Crippen molar-refractivity contribution >= 4 is 0 Å². The highest BCUT2D eigenvalue weighted by Gasteiger charge is 2.08. The Labute approximate surface area is 103 Å². The summed E-state index contributed by atoms with van der Waals surface area (Å²) in [6, 6.07) is 5.29. The smallest absolute Gasteiger partial charge is 0.126 e. The average molecular weight is 238 g/mol. The molecule has 0 spiro atoms. The van der Waals surface area contributed by atoms with Gasteiger partial charge >= 0.3 is 0 Å². The van der Waals surface area contributed by atoms with E-state index in [1.54, 1.807) is 6.92 Å². The van der Waals surface area contributed by atoms with Crippen molar-refractivity contribution in [3.63, 3.8) is 0 Å². The molecule has 0 atom stereocenters. The van der Waals surface area contributed by atoms with Crippen LogP contribution < -0.4 is 11.1 Å². The van der Waals surface area contributed by atoms with Crippen LogP contribution in [0, 0.1) is 12.7 Å². The van der Waals surface area contributed by atoms with Gasteiger partial charge in [0.1, 0.15) is 5.82 Å². The Bertz CT molecular complexity index is 356. The van der Waals surface area contributed by atoms with Crippen molar-refractivity contribution in [2.45, 2.75) is 39.2 Å². The molecule has 0 saturated carbocycles. The van der Waals surface area contributed by atoms with Crippen LogP contribution in [-0.2, 0) is 6.42 Å². The Hall–Kier alpha value is -0.930. The zero-order chi connectivity index (χ0) is 12.9. The molecule has 0 heterocycles. The summed E-state index contributed by atoms with van der Waals surface area (Å²) < 4.78 is 13.0. The van der Waals surface area contributed by atoms with Crippen molar-refractivity contribution in [2.24, 2.45) is 5.73 Å². The van der Waals surface area contributed by atoms with Crippen molar-refractivity contribution in [3.8, 4) is 0 Å². The molecular weight excluding hydrogens is 215 g/mol. The molecule has 1 aromatic carbocycles. The van der Waals surface area contributed by atoms with Crippen LogP contribution in [0.2, 0.25) is 0 Å². The van der Waals surface area contributed by atoms with Gasteiger partial charge in [0.2, 0.25) is 0 Å². The first-order valence-corrected chi connectivity index (χ1v) is 6.13. The van der Waals surface area contributed by atoms with E-state index in [9.17, 15) is 4.39 Å². The third kappa shape index (κ3) is 5.80. The summed E-state index contributed by atoms with van der Waals surface area (Å²) in [7, 11) is 0. The lowest BCUT2D eigenvalue weighted by Gasteiger charge is -2.18. The first-order chi connectivity index (χ1) is 7.88. The number of hydrogen-bond acceptors (Lipinski definition) is 2. The Kier molecular flexibility index (Phi) is 5.09. The zero-order valence-electron chi connectivity index (χ0n) is 11.0. The summed E-state index contributed by atoms with van der Waals surface area (Å²) in [5.41, 5.74) is 7.66. The van der Waals surface area contributed by atoms with Gasteiger partial charge < -0.3 is 11.1 Å². The first-order valence-electron chi connectivity index (χ1n) is 6.13. The van der Waals surface area contributed by atoms with E-state index in [0.717, 1.165) is 25.9 Å². The van der Waals surface area contributed by atoms with Crippen LogP contribution >= 0.6 is 0 Å². The van der Waals surface area contributed by atoms with Gasteiger partial charge in [-0.1, -0.05) is 12.1 Å². The number of aryl methyl sites for hydroxylation is 1. The van der Waals surface area contributed by atoms with Gasteiger partial charge in [0.15, 0.2) is 0 Å². The number of rotatable bonds is 6. The molecule has 0 saturated heterocycles. The summed E-state index contributed by atoms with van der Waals surface area (Å²) in [6.45, 7) is 7.67. The minimum absolute atomic E-state index is 0.112. The van der Waals surface area contributed by atoms with Crippen LogP contribution in [0.4, 0.5) is 4.39 Å². The predicted octanol–water partition coefficient (Wildman–Crippen LogP) is 2.39. The van der Waals surface area contributed by atoms with Crippen molar-refractivity contribution in [2.75, 3.05) is 13.1 Å². The Morgan fingerprint density at radius 3 is 2.59 bits per heavy atom. The van der Waals surface area contributed by atoms with Gasteiger partial charge in [-0.3, -0.25) is 0 Å². The predicted molar refractivity (Wildman–Crippen MR) is 70.6 cm³/mol. The molecule has 0 unspecified atom stereocenters. The highest BCUT2D eigenvalue weighted by molar-refractivity contribution is 5.24. The van der Waals surface area contributed by atoms with E-state index in [1.165, 1.54) is 11.6 Å². The second-order valence-electron chi connectivity index (χ2n) is 5.32. The monoisotopic (exact) mass is 238 g/mol. The second kappa shape index (κ2) is 6.12. The maximum Gasteiger partial charge on any atom is 0.126 e. The van der Waals surface area contributed by atoms with E-state index >= 15 is 0 Å². The minimum atomic E-state index is -0.133. The van der Waals surface area contributed by atoms with Crippen LogP contribution in [-0.4, -0.2) is 18.6 Å². The molecule has 0 amide bonds. The Balaban J connectivity index is 2.25. The molecule has 0 aromatic heterocycles. The van der Waals surface area contributed by atoms with Gasteiger partial charge in [0.05, 0.1) is 0 Å². The Morgan fingerprint density at radius 1 is 1.29 bits per heavy atom. The normalized spacial score (nSPS) is 11.8. The number of benzene rings is 1. The van der Waals surface area contributed by atoms with Gasteiger partial charge in [-0.15, -0.1) is 0 Å². The molecule has 0 radical (unpaired) electrons. The van der Waals surface area contributed by atoms with E-state index in [-0.39, 0.29) is 11.4 Å². The number of nitrogens with one attached hydrogen (secondary N) is 1. The maximum atomic E-state index is 13.0. The zero-order valence-corrected chi connectivity index (χ0v) is 11.0. The summed E-state index contributed by atoms with van der Waals surface area (Å²) in [4.78, 5) is 0. The molecule has 1 aromatic rings. The third-order valence-electron chi connectivity index (χ3n) is 2.76. The van der Waals surface area contributed by atoms with Gasteiger partial charge in [0.25, 0.3) is 0 Å². The first kappa shape index (κ1) is 14.1. The van der Waals surface area contributed by atoms with E-state index < -0.39 is 0 Å². The SMILES string of the molecule is Cc1cc(CCNCCC(C)(C)N)ccc1F. The van der Waals surface area contributed by atoms with Crippen molar-refractivity contribution < 1.29 is 4.39 Å². The van der Waals surface area contributed by atoms with Gasteiger partial charge in [-0.25, -0.2) is 4.39 Å². The van der Waals surface area contributed by atoms with E-state index in [4.69, 9.17) is 5.73 Å². The fourth-order valence-corrected chi connectivity index (χ4v) is 1.63. The number of nitrogens with two attached hydrogens (primary N) is 1. The lowest BCUT2D eigenvalue weighted by molar-refractivity contribution is 0.456. The topological polar surface area (TPSA) is 38.0 Å². The minimum Gasteiger partial charge on any atom is -0.326 e. The molecule has 1 rings (SSSR count). The molecule has 3 heteroatoms. The number of hydrogen-bond donors (Lipinski definition) is 2. The van der Waals surface area contributed by atoms with Crippen LogP contribution in [0.5, 0.6) is 0 Å². The highest BCUT2D eigenvalue weighted by Crippen LogP contribution is 2.09. The Morgan fingerprint density at radius 2 is 2.00 bits per heavy atom. The molecule has 0 aliphatic rings. The van der Waals surface area contributed by atoms with Gasteiger partial charge in [0, 0.05) is 5.54 Å². The van der Waals surface area contributed by atoms with Crippen LogP contribution in [0.1, 0.15) is 31.4 Å². The van der Waals surface area contributed by atoms with Crippen molar-refractivity contribution in [3.05, 3.63) is 35.1 Å². The van der Waals surface area contributed by atoms with Crippen LogP contribution in [0.3, 0.4) is 0 Å². The second-order valence-corrected chi connectivity index (χ2v) is 5.32. The highest BCUT2D eigenvalue weighted by atomic mass is 19.1. The average Bonchev–Trinajstić information content (AvgIpc) is 2.21. The molecule has 0 aliphatic carbocycles. The number of halogens is 1. The molecule has 3 N–H and O–H groups in total. The van der Waals surface area contributed by atoms with Crippen LogP contribution in [0.25, 0.3) is 0 Å². The summed E-state index contributed by atoms with van der Waals surface area (Å²) in [6.07, 6.45) is 1.88. The van der Waals surface area contributed by atoms with Crippen LogP contribution in [0.15, 0.2) is 18.2 Å². The van der Waals surface area contributed by atoms with Crippen molar-refractivity contribution in [1.82, 2.24) is 5.32 Å². The van der Waals surface area contributed by atoms with Gasteiger partial charge in [-0.05, 0) is 63.9 Å².